The number of para-hydroxylation sites is 1. The Bertz CT molecular complexity index is 1070. The van der Waals surface area contributed by atoms with Crippen LogP contribution in [0.2, 0.25) is 0 Å². The third-order valence-corrected chi connectivity index (χ3v) is 5.01. The average molecular weight is 477 g/mol. The van der Waals surface area contributed by atoms with E-state index in [9.17, 15) is 24.0 Å². The highest BCUT2D eigenvalue weighted by Crippen LogP contribution is 2.19. The number of carbonyl (C=O) groups excluding carboxylic acids is 3. The molecule has 0 saturated carbocycles. The van der Waals surface area contributed by atoms with Crippen LogP contribution < -0.4 is 21.7 Å². The number of rotatable bonds is 12. The number of hydrogen-bond acceptors (Lipinski definition) is 7. The quantitative estimate of drug-likeness (QED) is 0.170. The fourth-order valence-electron chi connectivity index (χ4n) is 3.12. The third kappa shape index (κ3) is 7.02. The van der Waals surface area contributed by atoms with Gasteiger partial charge in [-0.1, -0.05) is 18.2 Å². The summed E-state index contributed by atoms with van der Waals surface area (Å²) in [5, 5.41) is 34.8. The number of aliphatic hydroxyl groups is 1. The van der Waals surface area contributed by atoms with E-state index >= 15 is 0 Å². The first-order valence-electron chi connectivity index (χ1n) is 10.3. The van der Waals surface area contributed by atoms with Crippen LogP contribution in [0.3, 0.4) is 0 Å². The Morgan fingerprint density at radius 3 is 2.21 bits per heavy atom. The van der Waals surface area contributed by atoms with Gasteiger partial charge in [0.1, 0.15) is 24.2 Å². The van der Waals surface area contributed by atoms with Gasteiger partial charge < -0.3 is 42.0 Å². The molecule has 13 heteroatoms. The summed E-state index contributed by atoms with van der Waals surface area (Å²) in [6.45, 7) is 0.501. The summed E-state index contributed by atoms with van der Waals surface area (Å²) in [6, 6.07) is 1.66. The maximum absolute atomic E-state index is 13.0. The van der Waals surface area contributed by atoms with Crippen LogP contribution in [0.15, 0.2) is 30.5 Å². The topological polar surface area (TPSA) is 224 Å². The van der Waals surface area contributed by atoms with Crippen molar-refractivity contribution in [3.8, 4) is 0 Å². The molecular weight excluding hydrogens is 450 g/mol. The van der Waals surface area contributed by atoms with Gasteiger partial charge in [-0.15, -0.1) is 0 Å². The zero-order chi connectivity index (χ0) is 25.4. The van der Waals surface area contributed by atoms with E-state index < -0.39 is 66.9 Å². The number of benzene rings is 1. The Kier molecular flexibility index (Phi) is 9.10. The molecule has 0 aliphatic heterocycles. The molecule has 0 spiro atoms. The number of carboxylic acids is 2. The molecule has 0 bridgehead atoms. The number of fused-ring (bicyclic) bond motifs is 1. The highest BCUT2D eigenvalue weighted by atomic mass is 16.4. The van der Waals surface area contributed by atoms with Crippen molar-refractivity contribution in [1.82, 2.24) is 20.9 Å². The number of aliphatic carboxylic acids is 2. The summed E-state index contributed by atoms with van der Waals surface area (Å²) < 4.78 is 0. The van der Waals surface area contributed by atoms with E-state index in [-0.39, 0.29) is 6.42 Å². The molecule has 4 atom stereocenters. The van der Waals surface area contributed by atoms with Crippen LogP contribution in [0.1, 0.15) is 18.9 Å². The number of carboxylic acid groups (broad SMARTS) is 2. The molecule has 1 aromatic carbocycles. The number of aromatic nitrogens is 1. The van der Waals surface area contributed by atoms with E-state index in [1.165, 1.54) is 6.92 Å². The third-order valence-electron chi connectivity index (χ3n) is 5.01. The first kappa shape index (κ1) is 26.3. The average Bonchev–Trinajstić information content (AvgIpc) is 3.19. The van der Waals surface area contributed by atoms with E-state index in [0.29, 0.717) is 5.56 Å². The summed E-state index contributed by atoms with van der Waals surface area (Å²) in [4.78, 5) is 63.0. The standard InChI is InChI=1S/C21H27N5O8/c1-10(21(33)34)24-19(31)16(7-17(28)29)26-20(32)15(25-18(30)13(22)9-27)6-11-8-23-14-5-3-2-4-12(11)14/h2-5,8,10,13,15-16,23,27H,6-7,9,22H2,1H3,(H,24,31)(H,25,30)(H,26,32)(H,28,29)(H,33,34). The number of hydrogen-bond donors (Lipinski definition) is 8. The smallest absolute Gasteiger partial charge is 0.325 e. The molecule has 4 unspecified atom stereocenters. The fourth-order valence-corrected chi connectivity index (χ4v) is 3.12. The lowest BCUT2D eigenvalue weighted by Gasteiger charge is -2.24. The van der Waals surface area contributed by atoms with Crippen molar-refractivity contribution in [3.63, 3.8) is 0 Å². The van der Waals surface area contributed by atoms with Crippen molar-refractivity contribution >= 4 is 40.6 Å². The maximum Gasteiger partial charge on any atom is 0.325 e. The highest BCUT2D eigenvalue weighted by molar-refractivity contribution is 5.96. The number of amides is 3. The Hall–Kier alpha value is -3.97. The molecule has 0 aliphatic carbocycles. The largest absolute Gasteiger partial charge is 0.481 e. The van der Waals surface area contributed by atoms with Gasteiger partial charge in [-0.2, -0.15) is 0 Å². The van der Waals surface area contributed by atoms with E-state index in [0.717, 1.165) is 10.9 Å². The number of nitrogens with two attached hydrogens (primary N) is 1. The minimum atomic E-state index is -1.61. The van der Waals surface area contributed by atoms with Crippen molar-refractivity contribution < 1.29 is 39.3 Å². The first-order chi connectivity index (χ1) is 16.0. The second-order valence-electron chi connectivity index (χ2n) is 7.64. The summed E-state index contributed by atoms with van der Waals surface area (Å²) in [5.74, 6) is -5.51. The van der Waals surface area contributed by atoms with E-state index in [1.54, 1.807) is 18.3 Å². The van der Waals surface area contributed by atoms with Crippen LogP contribution in [-0.4, -0.2) is 80.7 Å². The fraction of sp³-hybridized carbons (Fsp3) is 0.381. The van der Waals surface area contributed by atoms with Crippen LogP contribution in [-0.2, 0) is 30.4 Å². The molecule has 184 valence electrons. The summed E-state index contributed by atoms with van der Waals surface area (Å²) >= 11 is 0. The van der Waals surface area contributed by atoms with E-state index in [2.05, 4.69) is 20.9 Å². The lowest BCUT2D eigenvalue weighted by Crippen LogP contribution is -2.58. The molecule has 2 rings (SSSR count). The number of aliphatic hydroxyl groups excluding tert-OH is 1. The molecule has 13 nitrogen and oxygen atoms in total. The van der Waals surface area contributed by atoms with Gasteiger partial charge in [-0.05, 0) is 18.6 Å². The summed E-state index contributed by atoms with van der Waals surface area (Å²) in [5.41, 5.74) is 6.95. The van der Waals surface area contributed by atoms with E-state index in [1.807, 2.05) is 12.1 Å². The predicted octanol–water partition coefficient (Wildman–Crippen LogP) is -1.94. The Labute approximate surface area is 193 Å². The van der Waals surface area contributed by atoms with Crippen molar-refractivity contribution in [2.75, 3.05) is 6.61 Å². The number of nitrogens with one attached hydrogen (secondary N) is 4. The summed E-state index contributed by atoms with van der Waals surface area (Å²) in [7, 11) is 0. The van der Waals surface area contributed by atoms with Gasteiger partial charge >= 0.3 is 11.9 Å². The Morgan fingerprint density at radius 2 is 1.59 bits per heavy atom. The maximum atomic E-state index is 13.0. The van der Waals surface area contributed by atoms with Gasteiger partial charge in [0, 0.05) is 23.5 Å². The number of carbonyl (C=O) groups is 5. The van der Waals surface area contributed by atoms with Gasteiger partial charge in [0.05, 0.1) is 13.0 Å². The van der Waals surface area contributed by atoms with Crippen molar-refractivity contribution in [3.05, 3.63) is 36.0 Å². The van der Waals surface area contributed by atoms with Crippen molar-refractivity contribution in [2.45, 2.75) is 43.9 Å². The van der Waals surface area contributed by atoms with Gasteiger partial charge in [0.2, 0.25) is 17.7 Å². The number of aromatic amines is 1. The molecule has 9 N–H and O–H groups in total. The zero-order valence-electron chi connectivity index (χ0n) is 18.3. The van der Waals surface area contributed by atoms with Crippen molar-refractivity contribution in [1.29, 1.82) is 0 Å². The molecule has 0 saturated heterocycles. The van der Waals surface area contributed by atoms with Gasteiger partial charge in [0.15, 0.2) is 0 Å². The normalized spacial score (nSPS) is 14.4. The van der Waals surface area contributed by atoms with Crippen LogP contribution in [0.4, 0.5) is 0 Å². The number of H-pyrrole nitrogens is 1. The van der Waals surface area contributed by atoms with Crippen LogP contribution >= 0.6 is 0 Å². The Balaban J connectivity index is 2.28. The van der Waals surface area contributed by atoms with Gasteiger partial charge in [-0.25, -0.2) is 0 Å². The second-order valence-corrected chi connectivity index (χ2v) is 7.64. The molecule has 1 heterocycles. The molecular formula is C21H27N5O8. The lowest BCUT2D eigenvalue weighted by atomic mass is 10.0. The first-order valence-corrected chi connectivity index (χ1v) is 10.3. The molecule has 3 amide bonds. The molecule has 1 aromatic heterocycles. The van der Waals surface area contributed by atoms with Crippen molar-refractivity contribution in [2.24, 2.45) is 5.73 Å². The minimum absolute atomic E-state index is 0.0489. The summed E-state index contributed by atoms with van der Waals surface area (Å²) in [6.07, 6.45) is 0.763. The van der Waals surface area contributed by atoms with Crippen LogP contribution in [0, 0.1) is 0 Å². The van der Waals surface area contributed by atoms with Gasteiger partial charge in [0.25, 0.3) is 0 Å². The zero-order valence-corrected chi connectivity index (χ0v) is 18.3. The molecule has 34 heavy (non-hydrogen) atoms. The van der Waals surface area contributed by atoms with Gasteiger partial charge in [-0.3, -0.25) is 24.0 Å². The minimum Gasteiger partial charge on any atom is -0.481 e. The lowest BCUT2D eigenvalue weighted by molar-refractivity contribution is -0.143. The second kappa shape index (κ2) is 11.8. The van der Waals surface area contributed by atoms with E-state index in [4.69, 9.17) is 21.1 Å². The molecule has 0 radical (unpaired) electrons. The van der Waals surface area contributed by atoms with Crippen LogP contribution in [0.25, 0.3) is 10.9 Å². The Morgan fingerprint density at radius 1 is 0.971 bits per heavy atom. The van der Waals surface area contributed by atoms with Crippen LogP contribution in [0.5, 0.6) is 0 Å². The predicted molar refractivity (Wildman–Crippen MR) is 118 cm³/mol. The molecule has 0 fully saturated rings. The molecule has 0 aliphatic rings. The highest BCUT2D eigenvalue weighted by Gasteiger charge is 2.31. The SMILES string of the molecule is CC(NC(=O)C(CC(=O)O)NC(=O)C(Cc1c[nH]c2ccccc12)NC(=O)C(N)CO)C(=O)O. The molecule has 2 aromatic rings. The monoisotopic (exact) mass is 477 g/mol.